The predicted molar refractivity (Wildman–Crippen MR) is 73.8 cm³/mol. The summed E-state index contributed by atoms with van der Waals surface area (Å²) >= 11 is 1.62. The fourth-order valence-electron chi connectivity index (χ4n) is 1.70. The highest BCUT2D eigenvalue weighted by atomic mass is 32.2. The zero-order valence-electron chi connectivity index (χ0n) is 10.4. The first-order valence-corrected chi connectivity index (χ1v) is 7.02. The van der Waals surface area contributed by atoms with Crippen molar-refractivity contribution in [2.24, 2.45) is 0 Å². The van der Waals surface area contributed by atoms with Crippen molar-refractivity contribution >= 4 is 22.8 Å². The quantitative estimate of drug-likeness (QED) is 0.681. The van der Waals surface area contributed by atoms with Crippen LogP contribution in [0.15, 0.2) is 47.6 Å². The molecule has 19 heavy (non-hydrogen) atoms. The Morgan fingerprint density at radius 3 is 2.89 bits per heavy atom. The van der Waals surface area contributed by atoms with Crippen molar-refractivity contribution in [2.45, 2.75) is 11.6 Å². The van der Waals surface area contributed by atoms with Gasteiger partial charge in [0.2, 0.25) is 0 Å². The highest BCUT2D eigenvalue weighted by Crippen LogP contribution is 2.12. The molecule has 0 amide bonds. The van der Waals surface area contributed by atoms with Crippen LogP contribution in [0.4, 0.5) is 0 Å². The van der Waals surface area contributed by atoms with E-state index in [0.717, 1.165) is 21.6 Å². The third-order valence-corrected chi connectivity index (χ3v) is 3.34. The van der Waals surface area contributed by atoms with Crippen molar-refractivity contribution in [3.63, 3.8) is 0 Å². The Kier molecular flexibility index (Phi) is 3.33. The van der Waals surface area contributed by atoms with Crippen LogP contribution in [0, 0.1) is 0 Å². The number of nitrogens with zero attached hydrogens (tertiary/aromatic N) is 4. The Morgan fingerprint density at radius 1 is 1.21 bits per heavy atom. The van der Waals surface area contributed by atoms with Crippen LogP contribution >= 0.6 is 11.8 Å². The molecule has 2 aromatic heterocycles. The Morgan fingerprint density at radius 2 is 2.11 bits per heavy atom. The number of fused-ring (bicyclic) bond motifs is 1. The smallest absolute Gasteiger partial charge is 0.143 e. The maximum Gasteiger partial charge on any atom is 0.143 e. The Balaban J connectivity index is 1.74. The molecule has 0 saturated heterocycles. The zero-order chi connectivity index (χ0) is 13.1. The fourth-order valence-corrected chi connectivity index (χ4v) is 2.06. The van der Waals surface area contributed by atoms with Crippen LogP contribution in [-0.2, 0) is 6.61 Å². The number of hydrogen-bond donors (Lipinski definition) is 0. The van der Waals surface area contributed by atoms with Crippen molar-refractivity contribution in [1.82, 2.24) is 20.1 Å². The summed E-state index contributed by atoms with van der Waals surface area (Å²) in [6, 6.07) is 11.6. The van der Waals surface area contributed by atoms with Crippen molar-refractivity contribution in [1.29, 1.82) is 0 Å². The van der Waals surface area contributed by atoms with Gasteiger partial charge in [-0.05, 0) is 29.7 Å². The summed E-state index contributed by atoms with van der Waals surface area (Å²) in [5, 5.41) is 8.99. The SMILES string of the molecule is CSc1ccc(COn2nnc3ccccc32)cn1. The van der Waals surface area contributed by atoms with E-state index >= 15 is 0 Å². The maximum absolute atomic E-state index is 5.62. The van der Waals surface area contributed by atoms with Gasteiger partial charge in [0.1, 0.15) is 17.6 Å². The molecule has 3 aromatic rings. The minimum absolute atomic E-state index is 0.412. The first-order chi connectivity index (χ1) is 9.36. The zero-order valence-corrected chi connectivity index (χ0v) is 11.2. The molecule has 0 spiro atoms. The van der Waals surface area contributed by atoms with Crippen molar-refractivity contribution in [2.75, 3.05) is 6.26 Å². The van der Waals surface area contributed by atoms with Gasteiger partial charge in [0.15, 0.2) is 0 Å². The van der Waals surface area contributed by atoms with E-state index in [9.17, 15) is 0 Å². The van der Waals surface area contributed by atoms with Crippen molar-refractivity contribution in [3.05, 3.63) is 48.2 Å². The van der Waals surface area contributed by atoms with Crippen LogP contribution in [-0.4, -0.2) is 26.4 Å². The average Bonchev–Trinajstić information content (AvgIpc) is 2.89. The van der Waals surface area contributed by atoms with E-state index in [4.69, 9.17) is 4.84 Å². The van der Waals surface area contributed by atoms with Gasteiger partial charge in [0, 0.05) is 11.8 Å². The van der Waals surface area contributed by atoms with Gasteiger partial charge in [0.25, 0.3) is 0 Å². The lowest BCUT2D eigenvalue weighted by atomic mass is 10.3. The number of benzene rings is 1. The molecule has 96 valence electrons. The van der Waals surface area contributed by atoms with Gasteiger partial charge in [-0.15, -0.1) is 16.9 Å². The van der Waals surface area contributed by atoms with Gasteiger partial charge >= 0.3 is 0 Å². The molecular formula is C13H12N4OS. The molecule has 0 aliphatic carbocycles. The van der Waals surface area contributed by atoms with Crippen molar-refractivity contribution in [3.8, 4) is 0 Å². The van der Waals surface area contributed by atoms with Crippen LogP contribution in [0.3, 0.4) is 0 Å². The van der Waals surface area contributed by atoms with Crippen LogP contribution in [0.2, 0.25) is 0 Å². The second-order valence-corrected chi connectivity index (χ2v) is 4.76. The van der Waals surface area contributed by atoms with Gasteiger partial charge in [-0.1, -0.05) is 23.0 Å². The average molecular weight is 272 g/mol. The molecule has 0 fully saturated rings. The molecule has 6 heteroatoms. The van der Waals surface area contributed by atoms with E-state index < -0.39 is 0 Å². The topological polar surface area (TPSA) is 52.8 Å². The van der Waals surface area contributed by atoms with E-state index in [1.807, 2.05) is 48.9 Å². The van der Waals surface area contributed by atoms with Crippen LogP contribution in [0.1, 0.15) is 5.56 Å². The molecule has 5 nitrogen and oxygen atoms in total. The van der Waals surface area contributed by atoms with E-state index in [0.29, 0.717) is 6.61 Å². The summed E-state index contributed by atoms with van der Waals surface area (Å²) in [6.45, 7) is 0.412. The molecule has 0 bridgehead atoms. The molecule has 2 heterocycles. The predicted octanol–water partition coefficient (Wildman–Crippen LogP) is 2.18. The monoisotopic (exact) mass is 272 g/mol. The Hall–Kier alpha value is -2.08. The summed E-state index contributed by atoms with van der Waals surface area (Å²) in [6.07, 6.45) is 3.81. The molecule has 3 rings (SSSR count). The third kappa shape index (κ3) is 2.53. The minimum atomic E-state index is 0.412. The molecule has 0 unspecified atom stereocenters. The lowest BCUT2D eigenvalue weighted by Crippen LogP contribution is -2.12. The van der Waals surface area contributed by atoms with Crippen LogP contribution < -0.4 is 4.84 Å². The van der Waals surface area contributed by atoms with E-state index in [1.165, 1.54) is 4.85 Å². The molecule has 0 aliphatic rings. The van der Waals surface area contributed by atoms with Gasteiger partial charge in [-0.3, -0.25) is 0 Å². The summed E-state index contributed by atoms with van der Waals surface area (Å²) in [4.78, 5) is 11.4. The molecule has 0 N–H and O–H groups in total. The highest BCUT2D eigenvalue weighted by molar-refractivity contribution is 7.98. The molecular weight excluding hydrogens is 260 g/mol. The molecule has 0 atom stereocenters. The number of thioether (sulfide) groups is 1. The van der Waals surface area contributed by atoms with Gasteiger partial charge < -0.3 is 4.84 Å². The van der Waals surface area contributed by atoms with Crippen molar-refractivity contribution < 1.29 is 4.84 Å². The second-order valence-electron chi connectivity index (χ2n) is 3.93. The lowest BCUT2D eigenvalue weighted by Gasteiger charge is -2.05. The number of aromatic nitrogens is 4. The van der Waals surface area contributed by atoms with E-state index in [1.54, 1.807) is 11.8 Å². The number of pyridine rings is 1. The third-order valence-electron chi connectivity index (χ3n) is 2.68. The highest BCUT2D eigenvalue weighted by Gasteiger charge is 2.04. The normalized spacial score (nSPS) is 10.8. The Labute approximate surface area is 114 Å². The fraction of sp³-hybridized carbons (Fsp3) is 0.154. The van der Waals surface area contributed by atoms with Crippen LogP contribution in [0.5, 0.6) is 0 Å². The molecule has 0 radical (unpaired) electrons. The summed E-state index contributed by atoms with van der Waals surface area (Å²) in [5.41, 5.74) is 2.67. The van der Waals surface area contributed by atoms with E-state index in [2.05, 4.69) is 15.3 Å². The van der Waals surface area contributed by atoms with E-state index in [-0.39, 0.29) is 0 Å². The number of rotatable bonds is 4. The first kappa shape index (κ1) is 12.0. The second kappa shape index (κ2) is 5.27. The molecule has 0 aliphatic heterocycles. The summed E-state index contributed by atoms with van der Waals surface area (Å²) in [5.74, 6) is 0. The molecule has 0 saturated carbocycles. The van der Waals surface area contributed by atoms with Crippen LogP contribution in [0.25, 0.3) is 11.0 Å². The number of hydrogen-bond acceptors (Lipinski definition) is 5. The van der Waals surface area contributed by atoms with Gasteiger partial charge in [-0.2, -0.15) is 0 Å². The molecule has 1 aromatic carbocycles. The summed E-state index contributed by atoms with van der Waals surface area (Å²) in [7, 11) is 0. The lowest BCUT2D eigenvalue weighted by molar-refractivity contribution is 0.0749. The minimum Gasteiger partial charge on any atom is -0.390 e. The maximum atomic E-state index is 5.62. The van der Waals surface area contributed by atoms with Gasteiger partial charge in [0.05, 0.1) is 5.03 Å². The standard InChI is InChI=1S/C13H12N4OS/c1-19-13-7-6-10(8-14-13)9-18-17-12-5-3-2-4-11(12)15-16-17/h2-8H,9H2,1H3. The summed E-state index contributed by atoms with van der Waals surface area (Å²) < 4.78 is 0. The first-order valence-electron chi connectivity index (χ1n) is 5.79. The number of para-hydroxylation sites is 1. The largest absolute Gasteiger partial charge is 0.390 e. The Bertz CT molecular complexity index is 680. The van der Waals surface area contributed by atoms with Gasteiger partial charge in [-0.25, -0.2) is 4.98 Å².